The molecule has 0 saturated carbocycles. The Bertz CT molecular complexity index is 210. The Morgan fingerprint density at radius 3 is 3.00 bits per heavy atom. The van der Waals surface area contributed by atoms with Crippen molar-refractivity contribution >= 4 is 5.82 Å². The monoisotopic (exact) mass is 165 g/mol. The van der Waals surface area contributed by atoms with Gasteiger partial charge in [0.05, 0.1) is 0 Å². The lowest BCUT2D eigenvalue weighted by molar-refractivity contribution is 0.685. The van der Waals surface area contributed by atoms with E-state index in [1.54, 1.807) is 6.20 Å². The maximum absolute atomic E-state index is 3.94. The molecule has 1 unspecified atom stereocenters. The van der Waals surface area contributed by atoms with Crippen LogP contribution in [0, 0.1) is 0 Å². The van der Waals surface area contributed by atoms with E-state index in [2.05, 4.69) is 29.4 Å². The molecule has 12 heavy (non-hydrogen) atoms. The summed E-state index contributed by atoms with van der Waals surface area (Å²) in [7, 11) is 0. The third kappa shape index (κ3) is 2.86. The standard InChI is InChI=1S/C9H15N3/c1-3-5-8(2)11-9-6-4-7-10-12-9/h4,6-8H,3,5H2,1-2H3,(H,11,12). The van der Waals surface area contributed by atoms with Crippen LogP contribution in [0.4, 0.5) is 5.82 Å². The first-order chi connectivity index (χ1) is 5.83. The van der Waals surface area contributed by atoms with E-state index in [1.165, 1.54) is 6.42 Å². The Balaban J connectivity index is 2.41. The van der Waals surface area contributed by atoms with Gasteiger partial charge in [0.2, 0.25) is 0 Å². The van der Waals surface area contributed by atoms with Crippen LogP contribution in [-0.4, -0.2) is 16.2 Å². The van der Waals surface area contributed by atoms with Gasteiger partial charge in [0.1, 0.15) is 5.82 Å². The van der Waals surface area contributed by atoms with Gasteiger partial charge in [-0.25, -0.2) is 0 Å². The average molecular weight is 165 g/mol. The maximum atomic E-state index is 3.94. The van der Waals surface area contributed by atoms with Crippen molar-refractivity contribution in [1.29, 1.82) is 0 Å². The van der Waals surface area contributed by atoms with Crippen molar-refractivity contribution in [3.63, 3.8) is 0 Å². The Morgan fingerprint density at radius 2 is 2.42 bits per heavy atom. The molecule has 0 fully saturated rings. The molecule has 1 N–H and O–H groups in total. The van der Waals surface area contributed by atoms with Crippen molar-refractivity contribution in [3.05, 3.63) is 18.3 Å². The van der Waals surface area contributed by atoms with Crippen molar-refractivity contribution in [2.24, 2.45) is 0 Å². The predicted molar refractivity (Wildman–Crippen MR) is 50.0 cm³/mol. The molecular formula is C9H15N3. The lowest BCUT2D eigenvalue weighted by Gasteiger charge is -2.11. The Morgan fingerprint density at radius 1 is 1.58 bits per heavy atom. The second kappa shape index (κ2) is 4.70. The van der Waals surface area contributed by atoms with E-state index in [0.717, 1.165) is 12.2 Å². The summed E-state index contributed by atoms with van der Waals surface area (Å²) in [6.07, 6.45) is 4.03. The number of aromatic nitrogens is 2. The molecule has 1 aromatic rings. The smallest absolute Gasteiger partial charge is 0.148 e. The van der Waals surface area contributed by atoms with E-state index in [0.29, 0.717) is 6.04 Å². The third-order valence-electron chi connectivity index (χ3n) is 1.69. The Labute approximate surface area is 73.2 Å². The Kier molecular flexibility index (Phi) is 3.51. The molecule has 0 saturated heterocycles. The highest BCUT2D eigenvalue weighted by Gasteiger charge is 1.99. The molecule has 3 heteroatoms. The van der Waals surface area contributed by atoms with Crippen molar-refractivity contribution < 1.29 is 0 Å². The van der Waals surface area contributed by atoms with Crippen molar-refractivity contribution in [2.45, 2.75) is 32.7 Å². The van der Waals surface area contributed by atoms with Gasteiger partial charge in [0.25, 0.3) is 0 Å². The van der Waals surface area contributed by atoms with Crippen molar-refractivity contribution in [3.8, 4) is 0 Å². The van der Waals surface area contributed by atoms with Gasteiger partial charge in [-0.1, -0.05) is 13.3 Å². The number of hydrogen-bond donors (Lipinski definition) is 1. The minimum atomic E-state index is 0.478. The van der Waals surface area contributed by atoms with Gasteiger partial charge in [0, 0.05) is 12.2 Å². The number of rotatable bonds is 4. The largest absolute Gasteiger partial charge is 0.366 e. The van der Waals surface area contributed by atoms with Gasteiger partial charge < -0.3 is 5.32 Å². The lowest BCUT2D eigenvalue weighted by Crippen LogP contribution is -2.15. The zero-order valence-corrected chi connectivity index (χ0v) is 7.62. The average Bonchev–Trinajstić information content (AvgIpc) is 2.06. The van der Waals surface area contributed by atoms with Crippen molar-refractivity contribution in [1.82, 2.24) is 10.2 Å². The molecule has 0 bridgehead atoms. The number of nitrogens with one attached hydrogen (secondary N) is 1. The molecule has 0 spiro atoms. The molecule has 1 rings (SSSR count). The second-order valence-electron chi connectivity index (χ2n) is 2.94. The quantitative estimate of drug-likeness (QED) is 0.742. The second-order valence-corrected chi connectivity index (χ2v) is 2.94. The van der Waals surface area contributed by atoms with Crippen molar-refractivity contribution in [2.75, 3.05) is 5.32 Å². The highest BCUT2D eigenvalue weighted by molar-refractivity contribution is 5.32. The topological polar surface area (TPSA) is 37.8 Å². The SMILES string of the molecule is CCCC(C)Nc1cccnn1. The van der Waals surface area contributed by atoms with Crippen LogP contribution >= 0.6 is 0 Å². The summed E-state index contributed by atoms with van der Waals surface area (Å²) in [4.78, 5) is 0. The van der Waals surface area contributed by atoms with Gasteiger partial charge in [-0.05, 0) is 25.5 Å². The van der Waals surface area contributed by atoms with E-state index in [4.69, 9.17) is 0 Å². The normalized spacial score (nSPS) is 12.5. The zero-order chi connectivity index (χ0) is 8.81. The summed E-state index contributed by atoms with van der Waals surface area (Å²) >= 11 is 0. The highest BCUT2D eigenvalue weighted by atomic mass is 15.2. The maximum Gasteiger partial charge on any atom is 0.148 e. The summed E-state index contributed by atoms with van der Waals surface area (Å²) < 4.78 is 0. The minimum absolute atomic E-state index is 0.478. The lowest BCUT2D eigenvalue weighted by atomic mass is 10.2. The molecule has 0 aliphatic heterocycles. The summed E-state index contributed by atoms with van der Waals surface area (Å²) in [6, 6.07) is 4.29. The molecule has 66 valence electrons. The van der Waals surface area contributed by atoms with Crippen LogP contribution in [0.1, 0.15) is 26.7 Å². The summed E-state index contributed by atoms with van der Waals surface area (Å²) in [5.74, 6) is 0.860. The van der Waals surface area contributed by atoms with E-state index < -0.39 is 0 Å². The van der Waals surface area contributed by atoms with Gasteiger partial charge in [0.15, 0.2) is 0 Å². The van der Waals surface area contributed by atoms with Crippen LogP contribution in [0.15, 0.2) is 18.3 Å². The molecule has 0 aromatic carbocycles. The molecule has 1 atom stereocenters. The molecule has 3 nitrogen and oxygen atoms in total. The summed E-state index contributed by atoms with van der Waals surface area (Å²) in [5.41, 5.74) is 0. The number of anilines is 1. The molecule has 0 amide bonds. The third-order valence-corrected chi connectivity index (χ3v) is 1.69. The van der Waals surface area contributed by atoms with Gasteiger partial charge in [-0.3, -0.25) is 0 Å². The van der Waals surface area contributed by atoms with E-state index in [-0.39, 0.29) is 0 Å². The fraction of sp³-hybridized carbons (Fsp3) is 0.556. The first-order valence-corrected chi connectivity index (χ1v) is 4.37. The first-order valence-electron chi connectivity index (χ1n) is 4.37. The summed E-state index contributed by atoms with van der Waals surface area (Å²) in [5, 5.41) is 11.0. The zero-order valence-electron chi connectivity index (χ0n) is 7.62. The fourth-order valence-corrected chi connectivity index (χ4v) is 1.14. The van der Waals surface area contributed by atoms with Crippen LogP contribution in [0.2, 0.25) is 0 Å². The molecule has 0 aliphatic carbocycles. The molecule has 0 radical (unpaired) electrons. The van der Waals surface area contributed by atoms with Crippen LogP contribution < -0.4 is 5.32 Å². The molecule has 1 aromatic heterocycles. The van der Waals surface area contributed by atoms with Crippen LogP contribution in [0.25, 0.3) is 0 Å². The van der Waals surface area contributed by atoms with Crippen LogP contribution in [0.5, 0.6) is 0 Å². The minimum Gasteiger partial charge on any atom is -0.366 e. The fourth-order valence-electron chi connectivity index (χ4n) is 1.14. The van der Waals surface area contributed by atoms with E-state index in [1.807, 2.05) is 12.1 Å². The summed E-state index contributed by atoms with van der Waals surface area (Å²) in [6.45, 7) is 4.33. The number of nitrogens with zero attached hydrogens (tertiary/aromatic N) is 2. The van der Waals surface area contributed by atoms with Gasteiger partial charge in [-0.15, -0.1) is 5.10 Å². The number of hydrogen-bond acceptors (Lipinski definition) is 3. The van der Waals surface area contributed by atoms with Crippen LogP contribution in [-0.2, 0) is 0 Å². The van der Waals surface area contributed by atoms with E-state index >= 15 is 0 Å². The highest BCUT2D eigenvalue weighted by Crippen LogP contribution is 2.04. The first kappa shape index (κ1) is 8.97. The van der Waals surface area contributed by atoms with Gasteiger partial charge >= 0.3 is 0 Å². The Hall–Kier alpha value is -1.12. The van der Waals surface area contributed by atoms with Gasteiger partial charge in [-0.2, -0.15) is 5.10 Å². The molecule has 0 aliphatic rings. The molecular weight excluding hydrogens is 150 g/mol. The van der Waals surface area contributed by atoms with E-state index in [9.17, 15) is 0 Å². The predicted octanol–water partition coefficient (Wildman–Crippen LogP) is 2.08. The van der Waals surface area contributed by atoms with Crippen LogP contribution in [0.3, 0.4) is 0 Å². The molecule has 1 heterocycles.